The van der Waals surface area contributed by atoms with Crippen molar-refractivity contribution < 1.29 is 27.2 Å². The van der Waals surface area contributed by atoms with Gasteiger partial charge in [0, 0.05) is 23.0 Å². The fourth-order valence-corrected chi connectivity index (χ4v) is 5.45. The number of benzene rings is 3. The highest BCUT2D eigenvalue weighted by molar-refractivity contribution is 6.07. The van der Waals surface area contributed by atoms with E-state index in [4.69, 9.17) is 9.40 Å². The quantitative estimate of drug-likeness (QED) is 0.167. The molecule has 2 aromatic heterocycles. The number of para-hydroxylation sites is 1. The Labute approximate surface area is 260 Å². The van der Waals surface area contributed by atoms with E-state index in [1.165, 1.54) is 11.0 Å². The number of nitrogens with zero attached hydrogens (tertiary/aromatic N) is 2. The number of ketones is 1. The second-order valence-corrected chi connectivity index (χ2v) is 11.8. The maximum Gasteiger partial charge on any atom is 0.449 e. The first-order valence-corrected chi connectivity index (χ1v) is 14.8. The Morgan fingerprint density at radius 3 is 2.22 bits per heavy atom. The fourth-order valence-electron chi connectivity index (χ4n) is 5.45. The molecule has 0 saturated carbocycles. The monoisotopic (exact) mass is 612 g/mol. The zero-order chi connectivity index (χ0) is 32.5. The third-order valence-electron chi connectivity index (χ3n) is 8.49. The van der Waals surface area contributed by atoms with Gasteiger partial charge in [0.15, 0.2) is 0 Å². The number of alkyl halides is 3. The molecule has 0 N–H and O–H groups in total. The fraction of sp³-hybridized carbons (Fsp3) is 0.270. The van der Waals surface area contributed by atoms with Crippen molar-refractivity contribution in [1.29, 1.82) is 0 Å². The summed E-state index contributed by atoms with van der Waals surface area (Å²) in [6.07, 6.45) is -4.01. The van der Waals surface area contributed by atoms with Crippen LogP contribution in [0, 0.1) is 6.92 Å². The number of furan rings is 1. The van der Waals surface area contributed by atoms with Gasteiger partial charge in [-0.15, -0.1) is 0 Å². The first-order valence-electron chi connectivity index (χ1n) is 14.8. The summed E-state index contributed by atoms with van der Waals surface area (Å²) in [6.45, 7) is 9.19. The van der Waals surface area contributed by atoms with Crippen LogP contribution in [0.2, 0.25) is 0 Å². The highest BCUT2D eigenvalue weighted by atomic mass is 19.4. The van der Waals surface area contributed by atoms with Crippen LogP contribution in [0.5, 0.6) is 0 Å². The van der Waals surface area contributed by atoms with E-state index in [1.54, 1.807) is 6.92 Å². The number of amides is 1. The van der Waals surface area contributed by atoms with Crippen molar-refractivity contribution >= 4 is 22.6 Å². The molecule has 5 nitrogen and oxygen atoms in total. The number of hydrogen-bond acceptors (Lipinski definition) is 4. The van der Waals surface area contributed by atoms with Crippen LogP contribution in [0.25, 0.3) is 22.0 Å². The molecule has 0 aliphatic heterocycles. The lowest BCUT2D eigenvalue weighted by Crippen LogP contribution is -2.31. The second-order valence-electron chi connectivity index (χ2n) is 11.8. The molecule has 0 radical (unpaired) electrons. The van der Waals surface area contributed by atoms with Crippen LogP contribution in [0.15, 0.2) is 89.3 Å². The molecular formula is C37H35F3N2O3. The molecule has 0 atom stereocenters. The third-order valence-corrected chi connectivity index (χ3v) is 8.49. The van der Waals surface area contributed by atoms with E-state index in [-0.39, 0.29) is 30.5 Å². The van der Waals surface area contributed by atoms with Crippen molar-refractivity contribution in [3.05, 3.63) is 124 Å². The number of fused-ring (bicyclic) bond motifs is 1. The number of rotatable bonds is 9. The lowest BCUT2D eigenvalue weighted by Gasteiger charge is -2.25. The van der Waals surface area contributed by atoms with Crippen molar-refractivity contribution in [2.24, 2.45) is 0 Å². The van der Waals surface area contributed by atoms with Crippen molar-refractivity contribution in [3.63, 3.8) is 0 Å². The standard InChI is InChI=1S/C37H35F3N2O3/c1-6-31-23(2)34(30-12-7-8-13-32(30)41-31)35(44)42(22-29-18-19-33(45-29)37(38,39)40)21-25-14-16-26(17-15-25)27-10-9-11-28(20-27)36(4,5)24(3)43/h7-20H,6,21-22H2,1-5H3. The largest absolute Gasteiger partial charge is 0.455 e. The number of aryl methyl sites for hydroxylation is 1. The van der Waals surface area contributed by atoms with Crippen LogP contribution in [0.1, 0.15) is 72.0 Å². The molecule has 0 unspecified atom stereocenters. The Balaban J connectivity index is 1.51. The number of aromatic nitrogens is 1. The van der Waals surface area contributed by atoms with Crippen molar-refractivity contribution in [1.82, 2.24) is 9.88 Å². The molecule has 0 aliphatic carbocycles. The molecule has 0 fully saturated rings. The van der Waals surface area contributed by atoms with Gasteiger partial charge in [-0.25, -0.2) is 0 Å². The molecule has 5 rings (SSSR count). The van der Waals surface area contributed by atoms with Crippen LogP contribution >= 0.6 is 0 Å². The molecule has 1 amide bonds. The van der Waals surface area contributed by atoms with Gasteiger partial charge in [0.25, 0.3) is 5.91 Å². The summed E-state index contributed by atoms with van der Waals surface area (Å²) in [7, 11) is 0. The summed E-state index contributed by atoms with van der Waals surface area (Å²) < 4.78 is 45.1. The summed E-state index contributed by atoms with van der Waals surface area (Å²) in [4.78, 5) is 32.8. The zero-order valence-corrected chi connectivity index (χ0v) is 26.0. The Bertz CT molecular complexity index is 1870. The van der Waals surface area contributed by atoms with Crippen molar-refractivity contribution in [2.45, 2.75) is 65.7 Å². The normalized spacial score (nSPS) is 12.0. The molecule has 0 saturated heterocycles. The zero-order valence-electron chi connectivity index (χ0n) is 26.0. The molecule has 8 heteroatoms. The Morgan fingerprint density at radius 1 is 0.867 bits per heavy atom. The summed E-state index contributed by atoms with van der Waals surface area (Å²) in [5.74, 6) is -1.33. The number of carbonyl (C=O) groups excluding carboxylic acids is 2. The number of hydrogen-bond donors (Lipinski definition) is 0. The highest BCUT2D eigenvalue weighted by Gasteiger charge is 2.35. The van der Waals surface area contributed by atoms with E-state index >= 15 is 0 Å². The minimum Gasteiger partial charge on any atom is -0.455 e. The van der Waals surface area contributed by atoms with Gasteiger partial charge in [-0.05, 0) is 80.1 Å². The van der Waals surface area contributed by atoms with Gasteiger partial charge in [-0.3, -0.25) is 14.6 Å². The van der Waals surface area contributed by atoms with Crippen LogP contribution in [-0.4, -0.2) is 21.6 Å². The average molecular weight is 613 g/mol. The number of halogens is 3. The van der Waals surface area contributed by atoms with Gasteiger partial charge < -0.3 is 9.32 Å². The first-order chi connectivity index (χ1) is 21.3. The predicted molar refractivity (Wildman–Crippen MR) is 169 cm³/mol. The topological polar surface area (TPSA) is 63.4 Å². The molecule has 0 bridgehead atoms. The van der Waals surface area contributed by atoms with Gasteiger partial charge in [0.2, 0.25) is 5.76 Å². The summed E-state index contributed by atoms with van der Waals surface area (Å²) in [5.41, 5.74) is 5.64. The van der Waals surface area contributed by atoms with Crippen LogP contribution in [0.3, 0.4) is 0 Å². The maximum atomic E-state index is 14.3. The molecule has 45 heavy (non-hydrogen) atoms. The van der Waals surface area contributed by atoms with Gasteiger partial charge >= 0.3 is 6.18 Å². The Morgan fingerprint density at radius 2 is 1.58 bits per heavy atom. The number of Topliss-reactive ketones (excluding diaryl/α,β-unsaturated/α-hetero) is 1. The molecule has 0 aliphatic rings. The van der Waals surface area contributed by atoms with E-state index in [0.717, 1.165) is 39.6 Å². The second kappa shape index (κ2) is 12.3. The molecule has 2 heterocycles. The minimum absolute atomic E-state index is 0.0314. The van der Waals surface area contributed by atoms with Crippen molar-refractivity contribution in [3.8, 4) is 11.1 Å². The Kier molecular flexibility index (Phi) is 8.70. The SMILES string of the molecule is CCc1nc2ccccc2c(C(=O)N(Cc2ccc(-c3cccc(C(C)(C)C(C)=O)c3)cc2)Cc2ccc(C(F)(F)F)o2)c1C. The van der Waals surface area contributed by atoms with Crippen molar-refractivity contribution in [2.75, 3.05) is 0 Å². The first kappa shape index (κ1) is 31.7. The predicted octanol–water partition coefficient (Wildman–Crippen LogP) is 9.09. The number of pyridine rings is 1. The minimum atomic E-state index is -4.63. The summed E-state index contributed by atoms with van der Waals surface area (Å²) in [5, 5.41) is 0.682. The molecule has 3 aromatic carbocycles. The smallest absolute Gasteiger partial charge is 0.449 e. The summed E-state index contributed by atoms with van der Waals surface area (Å²) >= 11 is 0. The van der Waals surface area contributed by atoms with E-state index in [0.29, 0.717) is 22.9 Å². The van der Waals surface area contributed by atoms with E-state index in [9.17, 15) is 22.8 Å². The molecule has 0 spiro atoms. The molecule has 232 valence electrons. The average Bonchev–Trinajstić information content (AvgIpc) is 3.50. The lowest BCUT2D eigenvalue weighted by atomic mass is 9.80. The third kappa shape index (κ3) is 6.55. The maximum absolute atomic E-state index is 14.3. The van der Waals surface area contributed by atoms with E-state index < -0.39 is 17.4 Å². The lowest BCUT2D eigenvalue weighted by molar-refractivity contribution is -0.153. The summed E-state index contributed by atoms with van der Waals surface area (Å²) in [6, 6.07) is 25.0. The van der Waals surface area contributed by atoms with Crippen LogP contribution in [0.4, 0.5) is 13.2 Å². The van der Waals surface area contributed by atoms with Crippen LogP contribution in [-0.2, 0) is 35.9 Å². The van der Waals surface area contributed by atoms with Gasteiger partial charge in [0.05, 0.1) is 17.6 Å². The Hall–Kier alpha value is -4.72. The molecule has 5 aromatic rings. The molecular weight excluding hydrogens is 577 g/mol. The van der Waals surface area contributed by atoms with Crippen LogP contribution < -0.4 is 0 Å². The van der Waals surface area contributed by atoms with E-state index in [1.807, 2.05) is 100 Å². The van der Waals surface area contributed by atoms with E-state index in [2.05, 4.69) is 0 Å². The van der Waals surface area contributed by atoms with Gasteiger partial charge in [-0.1, -0.05) is 73.7 Å². The van der Waals surface area contributed by atoms with Gasteiger partial charge in [0.1, 0.15) is 11.5 Å². The number of carbonyl (C=O) groups is 2. The van der Waals surface area contributed by atoms with Gasteiger partial charge in [-0.2, -0.15) is 13.2 Å². The highest BCUT2D eigenvalue weighted by Crippen LogP contribution is 2.33.